The van der Waals surface area contributed by atoms with Crippen LogP contribution in [0.2, 0.25) is 0 Å². The highest BCUT2D eigenvalue weighted by molar-refractivity contribution is 5.16. The number of rotatable bonds is 1. The molecule has 2 fully saturated rings. The zero-order valence-electron chi connectivity index (χ0n) is 8.98. The van der Waals surface area contributed by atoms with Crippen LogP contribution in [-0.4, -0.2) is 0 Å². The first-order chi connectivity index (χ1) is 5.54. The van der Waals surface area contributed by atoms with E-state index in [0.29, 0.717) is 0 Å². The summed E-state index contributed by atoms with van der Waals surface area (Å²) in [4.78, 5) is 0. The number of fused-ring (bicyclic) bond motifs is 1. The number of hydrogen-bond donors (Lipinski definition) is 0. The predicted molar refractivity (Wildman–Crippen MR) is 53.0 cm³/mol. The minimum absolute atomic E-state index is 0.735. The predicted octanol–water partition coefficient (Wildman–Crippen LogP) is 3.86. The molecule has 70 valence electrons. The van der Waals surface area contributed by atoms with Gasteiger partial charge >= 0.3 is 0 Å². The Labute approximate surface area is 76.7 Å². The second kappa shape index (κ2) is 2.27. The molecule has 0 heterocycles. The maximum Gasteiger partial charge on any atom is -0.0215 e. The molecule has 0 aromatic carbocycles. The lowest BCUT2D eigenvalue weighted by Crippen LogP contribution is -2.28. The van der Waals surface area contributed by atoms with Gasteiger partial charge in [-0.25, -0.2) is 0 Å². The SMILES string of the molecule is CCC12CC1(C)CC(C)CC2C. The summed E-state index contributed by atoms with van der Waals surface area (Å²) >= 11 is 0. The summed E-state index contributed by atoms with van der Waals surface area (Å²) in [7, 11) is 0. The van der Waals surface area contributed by atoms with E-state index in [1.54, 1.807) is 0 Å². The molecule has 0 spiro atoms. The van der Waals surface area contributed by atoms with Crippen LogP contribution in [0.25, 0.3) is 0 Å². The van der Waals surface area contributed by atoms with E-state index in [2.05, 4.69) is 27.7 Å². The molecular weight excluding hydrogens is 144 g/mol. The van der Waals surface area contributed by atoms with E-state index in [9.17, 15) is 0 Å². The molecule has 0 aliphatic heterocycles. The van der Waals surface area contributed by atoms with Crippen molar-refractivity contribution in [2.75, 3.05) is 0 Å². The van der Waals surface area contributed by atoms with E-state index in [4.69, 9.17) is 0 Å². The molecule has 0 radical (unpaired) electrons. The molecular formula is C12H22. The highest BCUT2D eigenvalue weighted by Crippen LogP contribution is 2.75. The first-order valence-corrected chi connectivity index (χ1v) is 5.54. The highest BCUT2D eigenvalue weighted by Gasteiger charge is 2.66. The molecule has 0 N–H and O–H groups in total. The van der Waals surface area contributed by atoms with E-state index in [0.717, 1.165) is 22.7 Å². The van der Waals surface area contributed by atoms with Crippen LogP contribution in [0.3, 0.4) is 0 Å². The largest absolute Gasteiger partial charge is 0.0648 e. The molecule has 0 amide bonds. The summed E-state index contributed by atoms with van der Waals surface area (Å²) in [5.74, 6) is 1.96. The van der Waals surface area contributed by atoms with E-state index in [-0.39, 0.29) is 0 Å². The molecule has 2 rings (SSSR count). The van der Waals surface area contributed by atoms with E-state index < -0.39 is 0 Å². The van der Waals surface area contributed by atoms with Crippen molar-refractivity contribution >= 4 is 0 Å². The molecule has 12 heavy (non-hydrogen) atoms. The van der Waals surface area contributed by atoms with Gasteiger partial charge in [-0.05, 0) is 48.3 Å². The van der Waals surface area contributed by atoms with Crippen molar-refractivity contribution in [1.82, 2.24) is 0 Å². The summed E-state index contributed by atoms with van der Waals surface area (Å²) in [6.45, 7) is 9.81. The lowest BCUT2D eigenvalue weighted by molar-refractivity contribution is 0.130. The van der Waals surface area contributed by atoms with Gasteiger partial charge < -0.3 is 0 Å². The van der Waals surface area contributed by atoms with Crippen molar-refractivity contribution in [2.24, 2.45) is 22.7 Å². The third kappa shape index (κ3) is 0.843. The smallest absolute Gasteiger partial charge is 0.0215 e. The van der Waals surface area contributed by atoms with Gasteiger partial charge in [0, 0.05) is 0 Å². The van der Waals surface area contributed by atoms with Crippen molar-refractivity contribution < 1.29 is 0 Å². The van der Waals surface area contributed by atoms with Gasteiger partial charge in [-0.2, -0.15) is 0 Å². The fourth-order valence-electron chi connectivity index (χ4n) is 4.28. The number of hydrogen-bond acceptors (Lipinski definition) is 0. The molecule has 0 bridgehead atoms. The van der Waals surface area contributed by atoms with Crippen LogP contribution in [0.1, 0.15) is 53.4 Å². The van der Waals surface area contributed by atoms with Gasteiger partial charge in [0.1, 0.15) is 0 Å². The van der Waals surface area contributed by atoms with Crippen LogP contribution in [0.15, 0.2) is 0 Å². The Balaban J connectivity index is 2.20. The minimum atomic E-state index is 0.735. The maximum absolute atomic E-state index is 2.52. The average molecular weight is 166 g/mol. The average Bonchev–Trinajstić information content (AvgIpc) is 2.56. The fourth-order valence-corrected chi connectivity index (χ4v) is 4.28. The van der Waals surface area contributed by atoms with Crippen LogP contribution < -0.4 is 0 Å². The zero-order valence-corrected chi connectivity index (χ0v) is 8.98. The van der Waals surface area contributed by atoms with E-state index in [1.807, 2.05) is 0 Å². The molecule has 4 unspecified atom stereocenters. The van der Waals surface area contributed by atoms with Crippen molar-refractivity contribution in [3.05, 3.63) is 0 Å². The summed E-state index contributed by atoms with van der Waals surface area (Å²) in [5.41, 5.74) is 1.50. The molecule has 0 aromatic heterocycles. The summed E-state index contributed by atoms with van der Waals surface area (Å²) < 4.78 is 0. The van der Waals surface area contributed by atoms with Crippen molar-refractivity contribution in [3.8, 4) is 0 Å². The van der Waals surface area contributed by atoms with Gasteiger partial charge in [0.15, 0.2) is 0 Å². The molecule has 0 nitrogen and oxygen atoms in total. The van der Waals surface area contributed by atoms with E-state index in [1.165, 1.54) is 25.7 Å². The van der Waals surface area contributed by atoms with Crippen LogP contribution in [-0.2, 0) is 0 Å². The van der Waals surface area contributed by atoms with Crippen molar-refractivity contribution in [3.63, 3.8) is 0 Å². The Bertz CT molecular complexity index is 196. The van der Waals surface area contributed by atoms with Crippen LogP contribution in [0.5, 0.6) is 0 Å². The second-order valence-electron chi connectivity index (χ2n) is 5.69. The Morgan fingerprint density at radius 2 is 2.00 bits per heavy atom. The monoisotopic (exact) mass is 166 g/mol. The first kappa shape index (κ1) is 8.59. The summed E-state index contributed by atoms with van der Waals surface area (Å²) in [6, 6.07) is 0. The fraction of sp³-hybridized carbons (Fsp3) is 1.00. The topological polar surface area (TPSA) is 0 Å². The Hall–Kier alpha value is 0. The Morgan fingerprint density at radius 3 is 2.50 bits per heavy atom. The van der Waals surface area contributed by atoms with E-state index >= 15 is 0 Å². The van der Waals surface area contributed by atoms with Crippen molar-refractivity contribution in [2.45, 2.75) is 53.4 Å². The normalized spacial score (nSPS) is 58.0. The quantitative estimate of drug-likeness (QED) is 0.555. The highest BCUT2D eigenvalue weighted by atomic mass is 14.7. The third-order valence-electron chi connectivity index (χ3n) is 4.91. The van der Waals surface area contributed by atoms with Gasteiger partial charge in [0.25, 0.3) is 0 Å². The molecule has 4 atom stereocenters. The third-order valence-corrected chi connectivity index (χ3v) is 4.91. The van der Waals surface area contributed by atoms with Gasteiger partial charge in [-0.15, -0.1) is 0 Å². The minimum Gasteiger partial charge on any atom is -0.0648 e. The Kier molecular flexibility index (Phi) is 1.63. The molecule has 0 heteroatoms. The van der Waals surface area contributed by atoms with Gasteiger partial charge in [0.05, 0.1) is 0 Å². The maximum atomic E-state index is 2.52. The van der Waals surface area contributed by atoms with Gasteiger partial charge in [-0.3, -0.25) is 0 Å². The van der Waals surface area contributed by atoms with Gasteiger partial charge in [-0.1, -0.05) is 27.7 Å². The molecule has 0 saturated heterocycles. The second-order valence-corrected chi connectivity index (χ2v) is 5.69. The van der Waals surface area contributed by atoms with Crippen molar-refractivity contribution in [1.29, 1.82) is 0 Å². The molecule has 2 saturated carbocycles. The summed E-state index contributed by atoms with van der Waals surface area (Å²) in [5, 5.41) is 0. The lowest BCUT2D eigenvalue weighted by atomic mass is 9.68. The molecule has 2 aliphatic carbocycles. The van der Waals surface area contributed by atoms with Gasteiger partial charge in [0.2, 0.25) is 0 Å². The molecule has 2 aliphatic rings. The van der Waals surface area contributed by atoms with Crippen LogP contribution >= 0.6 is 0 Å². The Morgan fingerprint density at radius 1 is 1.33 bits per heavy atom. The zero-order chi connectivity index (χ0) is 8.98. The van der Waals surface area contributed by atoms with Crippen LogP contribution in [0.4, 0.5) is 0 Å². The molecule has 0 aromatic rings. The van der Waals surface area contributed by atoms with Crippen LogP contribution in [0, 0.1) is 22.7 Å². The first-order valence-electron chi connectivity index (χ1n) is 5.54. The summed E-state index contributed by atoms with van der Waals surface area (Å²) in [6.07, 6.45) is 5.90. The standard InChI is InChI=1S/C12H22/c1-5-12-8-11(12,4)7-9(2)6-10(12)3/h9-10H,5-8H2,1-4H3. The lowest BCUT2D eigenvalue weighted by Gasteiger charge is -2.36.